The predicted molar refractivity (Wildman–Crippen MR) is 81.7 cm³/mol. The second kappa shape index (κ2) is 7.35. The van der Waals surface area contributed by atoms with Crippen LogP contribution < -0.4 is 5.32 Å². The number of carboxylic acid groups (broad SMARTS) is 1. The van der Waals surface area contributed by atoms with Gasteiger partial charge >= 0.3 is 12.0 Å². The summed E-state index contributed by atoms with van der Waals surface area (Å²) in [5.41, 5.74) is 0. The minimum atomic E-state index is -1.01. The lowest BCUT2D eigenvalue weighted by molar-refractivity contribution is -0.147. The number of carbonyl (C=O) groups excluding carboxylic acids is 1. The van der Waals surface area contributed by atoms with Crippen molar-refractivity contribution < 1.29 is 19.4 Å². The van der Waals surface area contributed by atoms with Crippen LogP contribution in [0, 0.1) is 0 Å². The number of hydrogen-bond donors (Lipinski definition) is 2. The average Bonchev–Trinajstić information content (AvgIpc) is 2.53. The van der Waals surface area contributed by atoms with Gasteiger partial charge in [0.15, 0.2) is 6.04 Å². The van der Waals surface area contributed by atoms with Crippen molar-refractivity contribution in [1.29, 1.82) is 0 Å². The van der Waals surface area contributed by atoms with Crippen LogP contribution in [0.4, 0.5) is 4.79 Å². The second-order valence-electron chi connectivity index (χ2n) is 5.73. The summed E-state index contributed by atoms with van der Waals surface area (Å²) in [4.78, 5) is 24.9. The SMILES string of the molecule is CSC1(CNC(=O)N2CCOCC2C(=O)O)CCCCC1. The van der Waals surface area contributed by atoms with Crippen molar-refractivity contribution in [2.45, 2.75) is 42.9 Å². The van der Waals surface area contributed by atoms with Gasteiger partial charge in [-0.25, -0.2) is 9.59 Å². The minimum absolute atomic E-state index is 0.0659. The fourth-order valence-electron chi connectivity index (χ4n) is 3.04. The molecule has 1 heterocycles. The maximum absolute atomic E-state index is 12.3. The van der Waals surface area contributed by atoms with Crippen molar-refractivity contribution in [2.24, 2.45) is 0 Å². The molecule has 0 aromatic carbocycles. The Labute approximate surface area is 129 Å². The summed E-state index contributed by atoms with van der Waals surface area (Å²) in [6, 6.07) is -1.17. The molecule has 2 N–H and O–H groups in total. The van der Waals surface area contributed by atoms with E-state index in [9.17, 15) is 9.59 Å². The molecule has 1 saturated heterocycles. The molecule has 2 rings (SSSR count). The van der Waals surface area contributed by atoms with Crippen LogP contribution in [0.2, 0.25) is 0 Å². The third kappa shape index (κ3) is 4.03. The first-order chi connectivity index (χ1) is 10.1. The molecule has 0 spiro atoms. The Balaban J connectivity index is 1.92. The van der Waals surface area contributed by atoms with Crippen molar-refractivity contribution in [1.82, 2.24) is 10.2 Å². The first kappa shape index (κ1) is 16.4. The highest BCUT2D eigenvalue weighted by Gasteiger charge is 2.35. The van der Waals surface area contributed by atoms with E-state index in [0.717, 1.165) is 12.8 Å². The molecule has 2 aliphatic rings. The number of nitrogens with one attached hydrogen (secondary N) is 1. The zero-order valence-corrected chi connectivity index (χ0v) is 13.3. The van der Waals surface area contributed by atoms with Crippen LogP contribution in [0.5, 0.6) is 0 Å². The number of amides is 2. The molecule has 1 unspecified atom stereocenters. The number of aliphatic carboxylic acids is 1. The molecule has 21 heavy (non-hydrogen) atoms. The Bertz CT molecular complexity index is 385. The zero-order valence-electron chi connectivity index (χ0n) is 12.5. The van der Waals surface area contributed by atoms with Gasteiger partial charge in [0.1, 0.15) is 0 Å². The standard InChI is InChI=1S/C14H24N2O4S/c1-21-14(5-3-2-4-6-14)10-15-13(19)16-7-8-20-9-11(16)12(17)18/h11H,2-10H2,1H3,(H,15,19)(H,17,18). The molecule has 1 aliphatic heterocycles. The van der Waals surface area contributed by atoms with Crippen LogP contribution in [0.15, 0.2) is 0 Å². The third-order valence-electron chi connectivity index (χ3n) is 4.43. The van der Waals surface area contributed by atoms with E-state index in [2.05, 4.69) is 11.6 Å². The van der Waals surface area contributed by atoms with Gasteiger partial charge in [0.2, 0.25) is 0 Å². The predicted octanol–water partition coefficient (Wildman–Crippen LogP) is 1.55. The van der Waals surface area contributed by atoms with Crippen molar-refractivity contribution in [2.75, 3.05) is 32.6 Å². The van der Waals surface area contributed by atoms with Crippen molar-refractivity contribution in [3.8, 4) is 0 Å². The molecule has 0 bridgehead atoms. The van der Waals surface area contributed by atoms with Crippen molar-refractivity contribution in [3.05, 3.63) is 0 Å². The fourth-order valence-corrected chi connectivity index (χ4v) is 3.95. The lowest BCUT2D eigenvalue weighted by Gasteiger charge is -2.38. The molecule has 1 aliphatic carbocycles. The molecule has 1 atom stereocenters. The molecule has 7 heteroatoms. The van der Waals surface area contributed by atoms with Gasteiger partial charge < -0.3 is 20.1 Å². The Kier molecular flexibility index (Phi) is 5.75. The van der Waals surface area contributed by atoms with Gasteiger partial charge in [-0.1, -0.05) is 19.3 Å². The van der Waals surface area contributed by atoms with E-state index in [-0.39, 0.29) is 17.4 Å². The highest BCUT2D eigenvalue weighted by molar-refractivity contribution is 8.00. The lowest BCUT2D eigenvalue weighted by atomic mass is 9.88. The van der Waals surface area contributed by atoms with E-state index in [1.165, 1.54) is 24.2 Å². The van der Waals surface area contributed by atoms with Crippen molar-refractivity contribution in [3.63, 3.8) is 0 Å². The Hall–Kier alpha value is -0.950. The van der Waals surface area contributed by atoms with Crippen LogP contribution in [0.3, 0.4) is 0 Å². The number of carboxylic acids is 1. The number of thioether (sulfide) groups is 1. The van der Waals surface area contributed by atoms with Gasteiger partial charge in [0.25, 0.3) is 0 Å². The van der Waals surface area contributed by atoms with Gasteiger partial charge in [-0.3, -0.25) is 0 Å². The first-order valence-corrected chi connectivity index (χ1v) is 8.71. The maximum atomic E-state index is 12.3. The number of carbonyl (C=O) groups is 2. The normalized spacial score (nSPS) is 25.4. The van der Waals surface area contributed by atoms with Crippen LogP contribution in [-0.4, -0.2) is 65.4 Å². The molecule has 2 amide bonds. The van der Waals surface area contributed by atoms with Crippen LogP contribution in [0.1, 0.15) is 32.1 Å². The van der Waals surface area contributed by atoms with Crippen molar-refractivity contribution >= 4 is 23.8 Å². The van der Waals surface area contributed by atoms with Gasteiger partial charge in [-0.05, 0) is 19.1 Å². The maximum Gasteiger partial charge on any atom is 0.328 e. The summed E-state index contributed by atoms with van der Waals surface area (Å²) < 4.78 is 5.26. The fraction of sp³-hybridized carbons (Fsp3) is 0.857. The number of nitrogens with zero attached hydrogens (tertiary/aromatic N) is 1. The number of hydrogen-bond acceptors (Lipinski definition) is 4. The van der Waals surface area contributed by atoms with Gasteiger partial charge in [0, 0.05) is 17.8 Å². The van der Waals surface area contributed by atoms with Crippen LogP contribution in [-0.2, 0) is 9.53 Å². The van der Waals surface area contributed by atoms with Gasteiger partial charge in [0.05, 0.1) is 13.2 Å². The van der Waals surface area contributed by atoms with E-state index in [1.807, 2.05) is 11.8 Å². The topological polar surface area (TPSA) is 78.9 Å². The number of urea groups is 1. The summed E-state index contributed by atoms with van der Waals surface area (Å²) in [7, 11) is 0. The zero-order chi connectivity index (χ0) is 15.3. The Morgan fingerprint density at radius 2 is 2.10 bits per heavy atom. The molecular formula is C14H24N2O4S. The number of rotatable bonds is 4. The minimum Gasteiger partial charge on any atom is -0.480 e. The van der Waals surface area contributed by atoms with Crippen LogP contribution >= 0.6 is 11.8 Å². The highest BCUT2D eigenvalue weighted by atomic mass is 32.2. The molecule has 0 aromatic rings. The Morgan fingerprint density at radius 1 is 1.38 bits per heavy atom. The molecule has 0 aromatic heterocycles. The molecule has 6 nitrogen and oxygen atoms in total. The molecule has 120 valence electrons. The lowest BCUT2D eigenvalue weighted by Crippen LogP contribution is -2.57. The quantitative estimate of drug-likeness (QED) is 0.822. The summed E-state index contributed by atoms with van der Waals surface area (Å²) in [6.45, 7) is 1.40. The summed E-state index contributed by atoms with van der Waals surface area (Å²) in [5.74, 6) is -1.01. The molecule has 1 saturated carbocycles. The highest BCUT2D eigenvalue weighted by Crippen LogP contribution is 2.37. The number of ether oxygens (including phenoxy) is 1. The smallest absolute Gasteiger partial charge is 0.328 e. The van der Waals surface area contributed by atoms with E-state index in [0.29, 0.717) is 19.7 Å². The second-order valence-corrected chi connectivity index (χ2v) is 7.00. The molecule has 2 fully saturated rings. The molecule has 0 radical (unpaired) electrons. The van der Waals surface area contributed by atoms with Crippen LogP contribution in [0.25, 0.3) is 0 Å². The van der Waals surface area contributed by atoms with E-state index in [1.54, 1.807) is 0 Å². The third-order valence-corrected chi connectivity index (χ3v) is 5.85. The van der Waals surface area contributed by atoms with Gasteiger partial charge in [-0.15, -0.1) is 0 Å². The molecular weight excluding hydrogens is 292 g/mol. The summed E-state index contributed by atoms with van der Waals surface area (Å²) in [6.07, 6.45) is 7.98. The Morgan fingerprint density at radius 3 is 2.71 bits per heavy atom. The summed E-state index contributed by atoms with van der Waals surface area (Å²) >= 11 is 1.81. The average molecular weight is 316 g/mol. The van der Waals surface area contributed by atoms with Gasteiger partial charge in [-0.2, -0.15) is 11.8 Å². The van der Waals surface area contributed by atoms with E-state index in [4.69, 9.17) is 9.84 Å². The van der Waals surface area contributed by atoms with E-state index < -0.39 is 12.0 Å². The first-order valence-electron chi connectivity index (χ1n) is 7.48. The number of morpholine rings is 1. The summed E-state index contributed by atoms with van der Waals surface area (Å²) in [5, 5.41) is 12.1. The monoisotopic (exact) mass is 316 g/mol. The van der Waals surface area contributed by atoms with E-state index >= 15 is 0 Å². The largest absolute Gasteiger partial charge is 0.480 e.